The number of aromatic hydroxyl groups is 1. The summed E-state index contributed by atoms with van der Waals surface area (Å²) in [5, 5.41) is 15.3. The van der Waals surface area contributed by atoms with Gasteiger partial charge in [0.1, 0.15) is 28.7 Å². The number of rotatable bonds is 8. The Morgan fingerprint density at radius 1 is 0.979 bits per heavy atom. The van der Waals surface area contributed by atoms with Crippen LogP contribution >= 0.6 is 0 Å². The van der Waals surface area contributed by atoms with Crippen molar-refractivity contribution in [3.63, 3.8) is 0 Å². The maximum absolute atomic E-state index is 17.0. The Labute approximate surface area is 277 Å². The number of phenolic OH excluding ortho intramolecular Hbond substituents is 1. The van der Waals surface area contributed by atoms with Crippen molar-refractivity contribution >= 4 is 27.5 Å². The van der Waals surface area contributed by atoms with Crippen LogP contribution in [-0.2, 0) is 11.2 Å². The molecule has 1 saturated carbocycles. The van der Waals surface area contributed by atoms with Gasteiger partial charge in [0.25, 0.3) is 0 Å². The van der Waals surface area contributed by atoms with Gasteiger partial charge in [-0.3, -0.25) is 0 Å². The number of benzene rings is 3. The summed E-state index contributed by atoms with van der Waals surface area (Å²) < 4.78 is 60.3. The van der Waals surface area contributed by atoms with Crippen LogP contribution in [-0.4, -0.2) is 84.6 Å². The average Bonchev–Trinajstić information content (AvgIpc) is 3.31. The van der Waals surface area contributed by atoms with Crippen LogP contribution in [0.1, 0.15) is 38.2 Å². The molecule has 2 N–H and O–H groups in total. The van der Waals surface area contributed by atoms with Crippen molar-refractivity contribution in [1.82, 2.24) is 20.2 Å². The normalized spacial score (nSPS) is 26.1. The molecule has 1 aliphatic carbocycles. The highest BCUT2D eigenvalue weighted by atomic mass is 19.1. The number of aryl methyl sites for hydroxylation is 1. The van der Waals surface area contributed by atoms with E-state index >= 15 is 13.2 Å². The number of hydrogen-bond acceptors (Lipinski definition) is 8. The van der Waals surface area contributed by atoms with Gasteiger partial charge in [-0.1, -0.05) is 13.0 Å². The highest BCUT2D eigenvalue weighted by Gasteiger charge is 2.48. The molecule has 4 atom stereocenters. The zero-order valence-electron chi connectivity index (χ0n) is 27.1. The molecule has 8 nitrogen and oxygen atoms in total. The highest BCUT2D eigenvalue weighted by Crippen LogP contribution is 2.48. The summed E-state index contributed by atoms with van der Waals surface area (Å²) >= 11 is 0. The van der Waals surface area contributed by atoms with Crippen molar-refractivity contribution in [3.8, 4) is 22.9 Å². The fraction of sp³-hybridized carbons (Fsp3) is 0.514. The van der Waals surface area contributed by atoms with E-state index in [-0.39, 0.29) is 51.3 Å². The molecule has 252 valence electrons. The molecule has 3 aromatic carbocycles. The molecular formula is C37H40F3N5O3. The topological polar surface area (TPSA) is 83.0 Å². The van der Waals surface area contributed by atoms with E-state index in [1.54, 1.807) is 6.92 Å². The van der Waals surface area contributed by atoms with E-state index in [1.165, 1.54) is 30.3 Å². The van der Waals surface area contributed by atoms with E-state index in [0.717, 1.165) is 58.5 Å². The number of nitrogens with zero attached hydrogens (tertiary/aromatic N) is 4. The molecule has 0 amide bonds. The van der Waals surface area contributed by atoms with Crippen LogP contribution in [0.15, 0.2) is 30.3 Å². The van der Waals surface area contributed by atoms with Crippen LogP contribution in [0.3, 0.4) is 0 Å². The minimum absolute atomic E-state index is 0.000262. The molecular weight excluding hydrogens is 619 g/mol. The lowest BCUT2D eigenvalue weighted by atomic mass is 9.91. The molecule has 5 heterocycles. The van der Waals surface area contributed by atoms with Crippen molar-refractivity contribution in [1.29, 1.82) is 0 Å². The maximum atomic E-state index is 17.0. The molecule has 9 rings (SSSR count). The first-order valence-electron chi connectivity index (χ1n) is 17.4. The number of piperazine rings is 1. The fourth-order valence-electron chi connectivity index (χ4n) is 8.86. The van der Waals surface area contributed by atoms with Crippen LogP contribution in [0.4, 0.5) is 19.0 Å². The molecule has 4 aromatic rings. The standard InChI is InChI=1S/C37H40F3N5O3/c1-2-26-29(38)6-3-20-9-25(46)10-27(31(20)26)32-30(39)11-28-34(33(32)40)42-36(43-35(28)45-14-23-4-5-24(15-45)41-23)48-19-37(7-8-37)18-44-12-21-16-47-17-22(21)13-44/h3,6,9-11,21-24,41,46H,2,4-5,7-8,12-19H2,1H3/t21-,22-,23?,24?/m0/s1. The lowest BCUT2D eigenvalue weighted by molar-refractivity contribution is 0.131. The third kappa shape index (κ3) is 5.16. The molecule has 0 radical (unpaired) electrons. The summed E-state index contributed by atoms with van der Waals surface area (Å²) in [4.78, 5) is 14.1. The Bertz CT molecular complexity index is 1910. The highest BCUT2D eigenvalue weighted by molar-refractivity contribution is 6.03. The van der Waals surface area contributed by atoms with Crippen LogP contribution in [0.25, 0.3) is 32.8 Å². The van der Waals surface area contributed by atoms with Gasteiger partial charge in [-0.05, 0) is 78.3 Å². The van der Waals surface area contributed by atoms with E-state index < -0.39 is 17.5 Å². The zero-order chi connectivity index (χ0) is 32.7. The molecule has 5 fully saturated rings. The van der Waals surface area contributed by atoms with E-state index in [9.17, 15) is 5.11 Å². The van der Waals surface area contributed by atoms with Gasteiger partial charge in [0.2, 0.25) is 0 Å². The molecule has 5 aliphatic rings. The molecule has 0 spiro atoms. The Morgan fingerprint density at radius 2 is 1.73 bits per heavy atom. The van der Waals surface area contributed by atoms with Crippen LogP contribution in [0, 0.1) is 34.7 Å². The number of fused-ring (bicyclic) bond motifs is 5. The Morgan fingerprint density at radius 3 is 2.44 bits per heavy atom. The summed E-state index contributed by atoms with van der Waals surface area (Å²) in [7, 11) is 0. The summed E-state index contributed by atoms with van der Waals surface area (Å²) in [6.07, 6.45) is 4.47. The van der Waals surface area contributed by atoms with Crippen molar-refractivity contribution < 1.29 is 27.8 Å². The summed E-state index contributed by atoms with van der Waals surface area (Å²) in [5.41, 5.74) is -0.00477. The molecule has 4 aliphatic heterocycles. The average molecular weight is 660 g/mol. The van der Waals surface area contributed by atoms with Crippen molar-refractivity contribution in [2.45, 2.75) is 51.1 Å². The lowest BCUT2D eigenvalue weighted by Gasteiger charge is -2.34. The van der Waals surface area contributed by atoms with Gasteiger partial charge in [0.05, 0.1) is 25.4 Å². The van der Waals surface area contributed by atoms with Crippen molar-refractivity contribution in [2.75, 3.05) is 57.4 Å². The largest absolute Gasteiger partial charge is 0.508 e. The van der Waals surface area contributed by atoms with Gasteiger partial charge < -0.3 is 29.7 Å². The van der Waals surface area contributed by atoms with Gasteiger partial charge in [-0.25, -0.2) is 13.2 Å². The summed E-state index contributed by atoms with van der Waals surface area (Å²) in [5.74, 6) is -0.684. The number of likely N-dealkylation sites (tertiary alicyclic amines) is 1. The minimum Gasteiger partial charge on any atom is -0.508 e. The predicted octanol–water partition coefficient (Wildman–Crippen LogP) is 5.81. The number of phenols is 1. The van der Waals surface area contributed by atoms with Crippen molar-refractivity contribution in [3.05, 3.63) is 53.3 Å². The Kier molecular flexibility index (Phi) is 7.25. The third-order valence-corrected chi connectivity index (χ3v) is 11.5. The number of anilines is 1. The smallest absolute Gasteiger partial charge is 0.319 e. The molecule has 11 heteroatoms. The minimum atomic E-state index is -0.887. The molecule has 1 aromatic heterocycles. The number of ether oxygens (including phenoxy) is 2. The Hall–Kier alpha value is -3.67. The summed E-state index contributed by atoms with van der Waals surface area (Å²) in [6.45, 7) is 8.24. The first-order valence-corrected chi connectivity index (χ1v) is 17.4. The van der Waals surface area contributed by atoms with E-state index in [4.69, 9.17) is 14.5 Å². The molecule has 48 heavy (non-hydrogen) atoms. The maximum Gasteiger partial charge on any atom is 0.319 e. The first-order chi connectivity index (χ1) is 23.3. The molecule has 2 bridgehead atoms. The van der Waals surface area contributed by atoms with Gasteiger partial charge in [0, 0.05) is 67.4 Å². The second-order valence-corrected chi connectivity index (χ2v) is 14.8. The number of halogens is 3. The quantitative estimate of drug-likeness (QED) is 0.245. The number of aromatic nitrogens is 2. The molecule has 4 saturated heterocycles. The van der Waals surface area contributed by atoms with Gasteiger partial charge in [0.15, 0.2) is 5.82 Å². The lowest BCUT2D eigenvalue weighted by Crippen LogP contribution is -2.51. The van der Waals surface area contributed by atoms with Crippen LogP contribution in [0.2, 0.25) is 0 Å². The van der Waals surface area contributed by atoms with E-state index in [2.05, 4.69) is 20.1 Å². The fourth-order valence-corrected chi connectivity index (χ4v) is 8.86. The van der Waals surface area contributed by atoms with Gasteiger partial charge >= 0.3 is 6.01 Å². The van der Waals surface area contributed by atoms with Crippen LogP contribution in [0.5, 0.6) is 11.8 Å². The number of hydrogen-bond donors (Lipinski definition) is 2. The van der Waals surface area contributed by atoms with Crippen LogP contribution < -0.4 is 15.0 Å². The third-order valence-electron chi connectivity index (χ3n) is 11.5. The van der Waals surface area contributed by atoms with Gasteiger partial charge in [-0.2, -0.15) is 9.97 Å². The first kappa shape index (κ1) is 30.4. The SMILES string of the molecule is CCc1c(F)ccc2cc(O)cc(-c3c(F)cc4c(N5CC6CCC(C5)N6)nc(OCC5(CN6C[C@H]7COC[C@@H]7C6)CC5)nc4c3F)c12. The zero-order valence-corrected chi connectivity index (χ0v) is 27.1. The monoisotopic (exact) mass is 659 g/mol. The van der Waals surface area contributed by atoms with Gasteiger partial charge in [-0.15, -0.1) is 0 Å². The van der Waals surface area contributed by atoms with E-state index in [0.29, 0.717) is 60.1 Å². The summed E-state index contributed by atoms with van der Waals surface area (Å²) in [6, 6.07) is 7.52. The molecule has 2 unspecified atom stereocenters. The number of nitrogens with one attached hydrogen (secondary N) is 1. The predicted molar refractivity (Wildman–Crippen MR) is 177 cm³/mol. The van der Waals surface area contributed by atoms with E-state index in [1.807, 2.05) is 0 Å². The second-order valence-electron chi connectivity index (χ2n) is 14.8. The Balaban J connectivity index is 1.12. The second kappa shape index (κ2) is 11.5. The van der Waals surface area contributed by atoms with Crippen molar-refractivity contribution in [2.24, 2.45) is 17.3 Å².